The fourth-order valence-electron chi connectivity index (χ4n) is 2.67. The number of hydrogen-bond donors (Lipinski definition) is 1. The fraction of sp³-hybridized carbons (Fsp3) is 0.444. The second-order valence-corrected chi connectivity index (χ2v) is 6.26. The van der Waals surface area contributed by atoms with Crippen LogP contribution in [0.2, 0.25) is 0 Å². The molecule has 0 unspecified atom stereocenters. The number of aryl methyl sites for hydroxylation is 2. The quantitative estimate of drug-likeness (QED) is 0.921. The molecule has 1 N–H and O–H groups in total. The number of aliphatic hydroxyl groups is 1. The molecule has 0 amide bonds. The van der Waals surface area contributed by atoms with Crippen molar-refractivity contribution in [3.8, 4) is 5.75 Å². The van der Waals surface area contributed by atoms with Crippen LogP contribution in [0, 0.1) is 13.8 Å². The van der Waals surface area contributed by atoms with Crippen molar-refractivity contribution in [2.75, 3.05) is 37.8 Å². The largest absolute Gasteiger partial charge is 0.490 e. The summed E-state index contributed by atoms with van der Waals surface area (Å²) in [4.78, 5) is 10.6. The van der Waals surface area contributed by atoms with Crippen LogP contribution in [0.5, 0.6) is 5.75 Å². The van der Waals surface area contributed by atoms with E-state index in [1.54, 1.807) is 6.20 Å². The smallest absolute Gasteiger partial charge is 0.139 e. The molecule has 128 valence electrons. The monoisotopic (exact) mass is 329 g/mol. The number of ether oxygens (including phenoxy) is 2. The number of nitrogens with zero attached hydrogens (tertiary/aromatic N) is 3. The second kappa shape index (κ2) is 7.15. The summed E-state index contributed by atoms with van der Waals surface area (Å²) in [5, 5.41) is 10.9. The lowest BCUT2D eigenvalue weighted by Crippen LogP contribution is -2.49. The summed E-state index contributed by atoms with van der Waals surface area (Å²) in [6.07, 6.45) is 1.73. The lowest BCUT2D eigenvalue weighted by molar-refractivity contribution is -0.0536. The standard InChI is InChI=1S/C18H23N3O3/c1-14-3-5-16(6-4-14)24-13-18(22)11-21(9-10-23-12-18)17-7-8-19-15(2)20-17/h3-8,22H,9-13H2,1-2H3/t18-/m1/s1. The predicted octanol–water partition coefficient (Wildman–Crippen LogP) is 1.74. The molecule has 0 radical (unpaired) electrons. The predicted molar refractivity (Wildman–Crippen MR) is 91.4 cm³/mol. The summed E-state index contributed by atoms with van der Waals surface area (Å²) < 4.78 is 11.4. The average Bonchev–Trinajstić information content (AvgIpc) is 2.77. The zero-order valence-corrected chi connectivity index (χ0v) is 14.1. The van der Waals surface area contributed by atoms with Crippen LogP contribution in [0.1, 0.15) is 11.4 Å². The molecule has 0 saturated carbocycles. The van der Waals surface area contributed by atoms with Crippen LogP contribution in [-0.4, -0.2) is 53.6 Å². The molecule has 1 aromatic carbocycles. The molecule has 1 saturated heterocycles. The third-order valence-corrected chi connectivity index (χ3v) is 3.98. The van der Waals surface area contributed by atoms with Crippen molar-refractivity contribution in [1.29, 1.82) is 0 Å². The molecule has 0 bridgehead atoms. The highest BCUT2D eigenvalue weighted by atomic mass is 16.5. The van der Waals surface area contributed by atoms with Gasteiger partial charge in [0.25, 0.3) is 0 Å². The van der Waals surface area contributed by atoms with E-state index >= 15 is 0 Å². The topological polar surface area (TPSA) is 67.7 Å². The Balaban J connectivity index is 1.69. The number of aromatic nitrogens is 2. The SMILES string of the molecule is Cc1ccc(OC[C@]2(O)COCCN(c3ccnc(C)n3)C2)cc1. The van der Waals surface area contributed by atoms with E-state index in [-0.39, 0.29) is 13.2 Å². The van der Waals surface area contributed by atoms with Crippen molar-refractivity contribution in [1.82, 2.24) is 9.97 Å². The van der Waals surface area contributed by atoms with Gasteiger partial charge in [0, 0.05) is 12.7 Å². The minimum absolute atomic E-state index is 0.163. The van der Waals surface area contributed by atoms with Gasteiger partial charge in [0.15, 0.2) is 0 Å². The molecule has 2 heterocycles. The highest BCUT2D eigenvalue weighted by Gasteiger charge is 2.34. The Bertz CT molecular complexity index is 677. The summed E-state index contributed by atoms with van der Waals surface area (Å²) in [7, 11) is 0. The average molecular weight is 329 g/mol. The van der Waals surface area contributed by atoms with E-state index in [1.807, 2.05) is 49.1 Å². The van der Waals surface area contributed by atoms with E-state index in [0.717, 1.165) is 11.6 Å². The number of benzene rings is 1. The van der Waals surface area contributed by atoms with Crippen molar-refractivity contribution >= 4 is 5.82 Å². The van der Waals surface area contributed by atoms with Gasteiger partial charge >= 0.3 is 0 Å². The summed E-state index contributed by atoms with van der Waals surface area (Å²) in [6, 6.07) is 9.63. The lowest BCUT2D eigenvalue weighted by atomic mass is 10.1. The van der Waals surface area contributed by atoms with Gasteiger partial charge < -0.3 is 19.5 Å². The van der Waals surface area contributed by atoms with Crippen LogP contribution in [0.4, 0.5) is 5.82 Å². The molecule has 6 heteroatoms. The fourth-order valence-corrected chi connectivity index (χ4v) is 2.67. The molecule has 1 aromatic heterocycles. The summed E-state index contributed by atoms with van der Waals surface area (Å²) in [5.74, 6) is 2.24. The van der Waals surface area contributed by atoms with Gasteiger partial charge in [0.05, 0.1) is 19.8 Å². The van der Waals surface area contributed by atoms with Crippen molar-refractivity contribution in [2.24, 2.45) is 0 Å². The first-order valence-corrected chi connectivity index (χ1v) is 8.08. The van der Waals surface area contributed by atoms with Crippen molar-refractivity contribution in [3.63, 3.8) is 0 Å². The molecule has 2 aromatic rings. The van der Waals surface area contributed by atoms with Gasteiger partial charge in [-0.2, -0.15) is 0 Å². The van der Waals surface area contributed by atoms with Gasteiger partial charge in [-0.05, 0) is 32.0 Å². The third-order valence-electron chi connectivity index (χ3n) is 3.98. The van der Waals surface area contributed by atoms with E-state index in [2.05, 4.69) is 9.97 Å². The first-order valence-electron chi connectivity index (χ1n) is 8.08. The van der Waals surface area contributed by atoms with Crippen LogP contribution < -0.4 is 9.64 Å². The molecule has 6 nitrogen and oxygen atoms in total. The highest BCUT2D eigenvalue weighted by molar-refractivity contribution is 5.38. The Morgan fingerprint density at radius 1 is 1.25 bits per heavy atom. The van der Waals surface area contributed by atoms with Gasteiger partial charge in [0.1, 0.15) is 29.6 Å². The molecule has 1 atom stereocenters. The minimum Gasteiger partial charge on any atom is -0.490 e. The van der Waals surface area contributed by atoms with Crippen LogP contribution in [0.3, 0.4) is 0 Å². The lowest BCUT2D eigenvalue weighted by Gasteiger charge is -2.31. The molecule has 0 aliphatic carbocycles. The van der Waals surface area contributed by atoms with Gasteiger partial charge in [-0.1, -0.05) is 17.7 Å². The Labute approximate surface area is 142 Å². The number of anilines is 1. The summed E-state index contributed by atoms with van der Waals surface area (Å²) in [5.41, 5.74) is 0.0735. The van der Waals surface area contributed by atoms with Crippen molar-refractivity contribution in [3.05, 3.63) is 47.9 Å². The minimum atomic E-state index is -1.10. The van der Waals surface area contributed by atoms with Gasteiger partial charge in [-0.15, -0.1) is 0 Å². The summed E-state index contributed by atoms with van der Waals surface area (Å²) >= 11 is 0. The van der Waals surface area contributed by atoms with E-state index in [9.17, 15) is 5.11 Å². The zero-order chi connectivity index (χ0) is 17.0. The third kappa shape index (κ3) is 4.21. The number of rotatable bonds is 4. The molecule has 1 fully saturated rings. The highest BCUT2D eigenvalue weighted by Crippen LogP contribution is 2.20. The zero-order valence-electron chi connectivity index (χ0n) is 14.1. The Kier molecular flexibility index (Phi) is 4.97. The number of β-amino-alcohol motifs (C(OH)–C–C–N with tert-alkyl or cyclic N) is 1. The van der Waals surface area contributed by atoms with E-state index < -0.39 is 5.60 Å². The van der Waals surface area contributed by atoms with Crippen LogP contribution in [0.15, 0.2) is 36.5 Å². The Morgan fingerprint density at radius 2 is 2.04 bits per heavy atom. The van der Waals surface area contributed by atoms with Crippen LogP contribution in [0.25, 0.3) is 0 Å². The van der Waals surface area contributed by atoms with E-state index in [1.165, 1.54) is 5.56 Å². The van der Waals surface area contributed by atoms with Gasteiger partial charge in [0.2, 0.25) is 0 Å². The maximum absolute atomic E-state index is 10.9. The maximum atomic E-state index is 10.9. The normalized spacial score (nSPS) is 21.4. The number of hydrogen-bond acceptors (Lipinski definition) is 6. The molecule has 3 rings (SSSR count). The first-order chi connectivity index (χ1) is 11.5. The summed E-state index contributed by atoms with van der Waals surface area (Å²) in [6.45, 7) is 5.88. The van der Waals surface area contributed by atoms with E-state index in [4.69, 9.17) is 9.47 Å². The molecular weight excluding hydrogens is 306 g/mol. The first kappa shape index (κ1) is 16.7. The Morgan fingerprint density at radius 3 is 2.79 bits per heavy atom. The van der Waals surface area contributed by atoms with Crippen LogP contribution in [-0.2, 0) is 4.74 Å². The van der Waals surface area contributed by atoms with Crippen molar-refractivity contribution in [2.45, 2.75) is 19.4 Å². The van der Waals surface area contributed by atoms with Gasteiger partial charge in [-0.25, -0.2) is 9.97 Å². The van der Waals surface area contributed by atoms with E-state index in [0.29, 0.717) is 25.5 Å². The second-order valence-electron chi connectivity index (χ2n) is 6.26. The van der Waals surface area contributed by atoms with Crippen molar-refractivity contribution < 1.29 is 14.6 Å². The molecule has 1 aliphatic heterocycles. The molecule has 1 aliphatic rings. The molecule has 0 spiro atoms. The Hall–Kier alpha value is -2.18. The molecule has 24 heavy (non-hydrogen) atoms. The van der Waals surface area contributed by atoms with Gasteiger partial charge in [-0.3, -0.25) is 0 Å². The molecular formula is C18H23N3O3. The van der Waals surface area contributed by atoms with Crippen LogP contribution >= 0.6 is 0 Å². The maximum Gasteiger partial charge on any atom is 0.139 e.